The normalized spacial score (nSPS) is 41.4. The summed E-state index contributed by atoms with van der Waals surface area (Å²) in [5.74, 6) is 0.656. The monoisotopic (exact) mass is 166 g/mol. The fourth-order valence-electron chi connectivity index (χ4n) is 2.15. The number of hydrogen-bond acceptors (Lipinski definition) is 3. The number of fused-ring (bicyclic) bond motifs is 1. The molecule has 2 rings (SSSR count). The highest BCUT2D eigenvalue weighted by molar-refractivity contribution is 4.93. The molecular formula is C9H14N2O. The van der Waals surface area contributed by atoms with E-state index in [0.29, 0.717) is 18.5 Å². The average Bonchev–Trinajstić information content (AvgIpc) is 2.46. The van der Waals surface area contributed by atoms with Gasteiger partial charge in [-0.15, -0.1) is 0 Å². The Labute approximate surface area is 72.7 Å². The van der Waals surface area contributed by atoms with E-state index in [2.05, 4.69) is 11.4 Å². The lowest BCUT2D eigenvalue weighted by Gasteiger charge is -2.14. The number of ether oxygens (including phenoxy) is 1. The molecule has 0 aromatic carbocycles. The van der Waals surface area contributed by atoms with Gasteiger partial charge in [-0.1, -0.05) is 6.42 Å². The van der Waals surface area contributed by atoms with Crippen molar-refractivity contribution in [3.8, 4) is 6.07 Å². The topological polar surface area (TPSA) is 45.0 Å². The maximum atomic E-state index is 8.66. The molecule has 0 radical (unpaired) electrons. The molecule has 0 spiro atoms. The molecule has 12 heavy (non-hydrogen) atoms. The number of nitrogens with zero attached hydrogens (tertiary/aromatic N) is 1. The van der Waals surface area contributed by atoms with Crippen molar-refractivity contribution in [2.24, 2.45) is 5.92 Å². The van der Waals surface area contributed by atoms with Crippen LogP contribution in [0.5, 0.6) is 0 Å². The van der Waals surface area contributed by atoms with Gasteiger partial charge >= 0.3 is 0 Å². The van der Waals surface area contributed by atoms with E-state index in [4.69, 9.17) is 10.00 Å². The van der Waals surface area contributed by atoms with Crippen molar-refractivity contribution in [2.45, 2.75) is 31.4 Å². The van der Waals surface area contributed by atoms with Gasteiger partial charge in [-0.3, -0.25) is 0 Å². The Balaban J connectivity index is 1.96. The van der Waals surface area contributed by atoms with Crippen molar-refractivity contribution in [3.63, 3.8) is 0 Å². The minimum Gasteiger partial charge on any atom is -0.362 e. The van der Waals surface area contributed by atoms with Crippen LogP contribution in [0.25, 0.3) is 0 Å². The molecule has 2 fully saturated rings. The molecule has 66 valence electrons. The molecule has 3 unspecified atom stereocenters. The van der Waals surface area contributed by atoms with Gasteiger partial charge in [0, 0.05) is 12.6 Å². The second-order valence-corrected chi connectivity index (χ2v) is 3.66. The van der Waals surface area contributed by atoms with Crippen molar-refractivity contribution < 1.29 is 4.74 Å². The molecule has 0 bridgehead atoms. The Bertz CT molecular complexity index is 185. The summed E-state index contributed by atoms with van der Waals surface area (Å²) in [6, 6.07) is 2.76. The van der Waals surface area contributed by atoms with Crippen molar-refractivity contribution in [1.82, 2.24) is 5.32 Å². The average molecular weight is 166 g/mol. The maximum Gasteiger partial charge on any atom is 0.156 e. The molecular weight excluding hydrogens is 152 g/mol. The molecule has 1 heterocycles. The second kappa shape index (κ2) is 3.42. The highest BCUT2D eigenvalue weighted by atomic mass is 16.5. The molecule has 3 heteroatoms. The first-order valence-corrected chi connectivity index (χ1v) is 4.65. The first-order chi connectivity index (χ1) is 5.90. The van der Waals surface area contributed by atoms with Crippen LogP contribution in [0.2, 0.25) is 0 Å². The van der Waals surface area contributed by atoms with Gasteiger partial charge in [0.25, 0.3) is 0 Å². The third kappa shape index (κ3) is 1.45. The van der Waals surface area contributed by atoms with Crippen LogP contribution in [-0.4, -0.2) is 25.3 Å². The van der Waals surface area contributed by atoms with Gasteiger partial charge in [0.1, 0.15) is 0 Å². The van der Waals surface area contributed by atoms with E-state index < -0.39 is 0 Å². The van der Waals surface area contributed by atoms with E-state index >= 15 is 0 Å². The minimum absolute atomic E-state index is 0.226. The molecule has 0 aromatic rings. The summed E-state index contributed by atoms with van der Waals surface area (Å²) in [5.41, 5.74) is 0. The Hall–Kier alpha value is -0.590. The first-order valence-electron chi connectivity index (χ1n) is 4.65. The number of hydrogen-bond donors (Lipinski definition) is 1. The predicted molar refractivity (Wildman–Crippen MR) is 44.5 cm³/mol. The standard InChI is InChI=1S/C9H14N2O/c10-4-8-5-11-9-3-1-2-7(9)6-12-8/h7-9,11H,1-3,5-6H2. The van der Waals surface area contributed by atoms with Gasteiger partial charge in [-0.25, -0.2) is 0 Å². The quantitative estimate of drug-likeness (QED) is 0.575. The molecule has 0 amide bonds. The Morgan fingerprint density at radius 3 is 3.17 bits per heavy atom. The minimum atomic E-state index is -0.226. The zero-order valence-electron chi connectivity index (χ0n) is 7.12. The van der Waals surface area contributed by atoms with E-state index in [9.17, 15) is 0 Å². The summed E-state index contributed by atoms with van der Waals surface area (Å²) in [4.78, 5) is 0. The zero-order chi connectivity index (χ0) is 8.39. The van der Waals surface area contributed by atoms with Gasteiger partial charge in [0.15, 0.2) is 6.10 Å². The van der Waals surface area contributed by atoms with Gasteiger partial charge < -0.3 is 10.1 Å². The smallest absolute Gasteiger partial charge is 0.156 e. The van der Waals surface area contributed by atoms with Gasteiger partial charge in [0.2, 0.25) is 0 Å². The summed E-state index contributed by atoms with van der Waals surface area (Å²) < 4.78 is 5.44. The Morgan fingerprint density at radius 2 is 2.33 bits per heavy atom. The Morgan fingerprint density at radius 1 is 1.42 bits per heavy atom. The molecule has 3 nitrogen and oxygen atoms in total. The lowest BCUT2D eigenvalue weighted by molar-refractivity contribution is 0.0808. The van der Waals surface area contributed by atoms with Crippen LogP contribution in [0.3, 0.4) is 0 Å². The molecule has 1 saturated carbocycles. The molecule has 2 aliphatic rings. The first kappa shape index (κ1) is 8.03. The molecule has 0 aromatic heterocycles. The molecule has 1 aliphatic heterocycles. The molecule has 1 aliphatic carbocycles. The molecule has 1 saturated heterocycles. The highest BCUT2D eigenvalue weighted by Crippen LogP contribution is 2.27. The maximum absolute atomic E-state index is 8.66. The number of nitriles is 1. The van der Waals surface area contributed by atoms with Crippen LogP contribution < -0.4 is 5.32 Å². The van der Waals surface area contributed by atoms with E-state index in [1.165, 1.54) is 19.3 Å². The van der Waals surface area contributed by atoms with E-state index in [1.807, 2.05) is 0 Å². The number of nitrogens with one attached hydrogen (secondary N) is 1. The van der Waals surface area contributed by atoms with Crippen molar-refractivity contribution in [1.29, 1.82) is 5.26 Å². The van der Waals surface area contributed by atoms with Crippen LogP contribution in [0.1, 0.15) is 19.3 Å². The van der Waals surface area contributed by atoms with Gasteiger partial charge in [0.05, 0.1) is 12.7 Å². The highest BCUT2D eigenvalue weighted by Gasteiger charge is 2.30. The molecule has 3 atom stereocenters. The van der Waals surface area contributed by atoms with Crippen LogP contribution in [0.4, 0.5) is 0 Å². The summed E-state index contributed by atoms with van der Waals surface area (Å²) in [6.45, 7) is 1.48. The lowest BCUT2D eigenvalue weighted by Crippen LogP contribution is -2.34. The summed E-state index contributed by atoms with van der Waals surface area (Å²) >= 11 is 0. The summed E-state index contributed by atoms with van der Waals surface area (Å²) in [7, 11) is 0. The van der Waals surface area contributed by atoms with Gasteiger partial charge in [-0.2, -0.15) is 5.26 Å². The van der Waals surface area contributed by atoms with E-state index in [-0.39, 0.29) is 6.10 Å². The van der Waals surface area contributed by atoms with Crippen LogP contribution >= 0.6 is 0 Å². The zero-order valence-corrected chi connectivity index (χ0v) is 7.12. The third-order valence-corrected chi connectivity index (χ3v) is 2.88. The van der Waals surface area contributed by atoms with E-state index in [1.54, 1.807) is 0 Å². The van der Waals surface area contributed by atoms with Crippen molar-refractivity contribution >= 4 is 0 Å². The summed E-state index contributed by atoms with van der Waals surface area (Å²) in [5, 5.41) is 12.1. The van der Waals surface area contributed by atoms with Crippen molar-refractivity contribution in [3.05, 3.63) is 0 Å². The van der Waals surface area contributed by atoms with Crippen molar-refractivity contribution in [2.75, 3.05) is 13.2 Å². The largest absolute Gasteiger partial charge is 0.362 e. The fraction of sp³-hybridized carbons (Fsp3) is 0.889. The fourth-order valence-corrected chi connectivity index (χ4v) is 2.15. The SMILES string of the molecule is N#CC1CNC2CCCC2CO1. The predicted octanol–water partition coefficient (Wildman–Crippen LogP) is 0.667. The second-order valence-electron chi connectivity index (χ2n) is 3.66. The van der Waals surface area contributed by atoms with Gasteiger partial charge in [-0.05, 0) is 18.8 Å². The Kier molecular flexibility index (Phi) is 2.29. The summed E-state index contributed by atoms with van der Waals surface area (Å²) in [6.07, 6.45) is 3.60. The van der Waals surface area contributed by atoms with Crippen LogP contribution in [0.15, 0.2) is 0 Å². The number of rotatable bonds is 0. The van der Waals surface area contributed by atoms with Crippen LogP contribution in [0, 0.1) is 17.2 Å². The molecule has 1 N–H and O–H groups in total. The van der Waals surface area contributed by atoms with Crippen LogP contribution in [-0.2, 0) is 4.74 Å². The third-order valence-electron chi connectivity index (χ3n) is 2.88. The lowest BCUT2D eigenvalue weighted by atomic mass is 10.1. The van der Waals surface area contributed by atoms with E-state index in [0.717, 1.165) is 6.61 Å².